The van der Waals surface area contributed by atoms with Gasteiger partial charge in [-0.3, -0.25) is 5.41 Å². The molecule has 0 amide bonds. The Balaban J connectivity index is 2.48. The molecule has 0 spiro atoms. The van der Waals surface area contributed by atoms with Gasteiger partial charge in [0.25, 0.3) is 0 Å². The second-order valence-corrected chi connectivity index (χ2v) is 5.46. The highest BCUT2D eigenvalue weighted by atomic mass is 32.2. The van der Waals surface area contributed by atoms with Gasteiger partial charge in [-0.25, -0.2) is 4.39 Å². The third kappa shape index (κ3) is 3.52. The fourth-order valence-corrected chi connectivity index (χ4v) is 2.33. The van der Waals surface area contributed by atoms with Crippen molar-refractivity contribution in [3.8, 4) is 0 Å². The highest BCUT2D eigenvalue weighted by molar-refractivity contribution is 7.99. The van der Waals surface area contributed by atoms with Crippen molar-refractivity contribution in [2.24, 2.45) is 11.1 Å². The number of benzene rings is 1. The average molecular weight is 240 g/mol. The van der Waals surface area contributed by atoms with Gasteiger partial charge in [0.15, 0.2) is 0 Å². The maximum Gasteiger partial charge on any atom is 0.136 e. The van der Waals surface area contributed by atoms with Crippen LogP contribution in [-0.4, -0.2) is 11.6 Å². The number of rotatable bonds is 5. The zero-order valence-corrected chi connectivity index (χ0v) is 10.4. The van der Waals surface area contributed by atoms with E-state index < -0.39 is 0 Å². The van der Waals surface area contributed by atoms with E-state index in [1.807, 2.05) is 19.9 Å². The fraction of sp³-hybridized carbons (Fsp3) is 0.417. The Labute approximate surface area is 99.9 Å². The molecule has 1 aromatic carbocycles. The van der Waals surface area contributed by atoms with Crippen LogP contribution in [0.3, 0.4) is 0 Å². The molecule has 0 radical (unpaired) electrons. The first-order valence-corrected chi connectivity index (χ1v) is 6.14. The van der Waals surface area contributed by atoms with Crippen molar-refractivity contribution in [2.75, 3.05) is 5.75 Å². The quantitative estimate of drug-likeness (QED) is 0.471. The van der Waals surface area contributed by atoms with Gasteiger partial charge in [0.05, 0.1) is 5.84 Å². The number of nitrogens with two attached hydrogens (primary N) is 1. The molecule has 4 heteroatoms. The fourth-order valence-electron chi connectivity index (χ4n) is 1.11. The molecule has 16 heavy (non-hydrogen) atoms. The summed E-state index contributed by atoms with van der Waals surface area (Å²) in [6.45, 7) is 3.86. The van der Waals surface area contributed by atoms with Gasteiger partial charge in [-0.1, -0.05) is 26.0 Å². The predicted molar refractivity (Wildman–Crippen MR) is 67.4 cm³/mol. The molecular weight excluding hydrogens is 223 g/mol. The molecule has 0 saturated carbocycles. The maximum atomic E-state index is 13.3. The molecule has 0 atom stereocenters. The highest BCUT2D eigenvalue weighted by Crippen LogP contribution is 2.27. The molecule has 1 rings (SSSR count). The van der Waals surface area contributed by atoms with Gasteiger partial charge in [-0.05, 0) is 24.3 Å². The molecule has 0 saturated heterocycles. The lowest BCUT2D eigenvalue weighted by atomic mass is 9.89. The molecule has 1 aromatic rings. The van der Waals surface area contributed by atoms with Gasteiger partial charge < -0.3 is 5.73 Å². The third-order valence-electron chi connectivity index (χ3n) is 2.55. The third-order valence-corrected chi connectivity index (χ3v) is 3.60. The number of thioether (sulfide) groups is 1. The van der Waals surface area contributed by atoms with E-state index in [1.54, 1.807) is 12.1 Å². The minimum absolute atomic E-state index is 0.182. The summed E-state index contributed by atoms with van der Waals surface area (Å²) in [5, 5.41) is 7.42. The Morgan fingerprint density at radius 1 is 1.44 bits per heavy atom. The highest BCUT2D eigenvalue weighted by Gasteiger charge is 2.21. The number of hydrogen-bond acceptors (Lipinski definition) is 2. The molecule has 0 aliphatic carbocycles. The predicted octanol–water partition coefficient (Wildman–Crippen LogP) is 3.27. The first kappa shape index (κ1) is 13.0. The lowest BCUT2D eigenvalue weighted by Crippen LogP contribution is -2.31. The Hall–Kier alpha value is -1.03. The SMILES string of the molecule is CC(C)(CCSc1ccccc1F)C(=N)N. The summed E-state index contributed by atoms with van der Waals surface area (Å²) in [6.07, 6.45) is 0.765. The van der Waals surface area contributed by atoms with E-state index in [9.17, 15) is 4.39 Å². The summed E-state index contributed by atoms with van der Waals surface area (Å²) in [7, 11) is 0. The van der Waals surface area contributed by atoms with Crippen LogP contribution in [-0.2, 0) is 0 Å². The summed E-state index contributed by atoms with van der Waals surface area (Å²) >= 11 is 1.46. The lowest BCUT2D eigenvalue weighted by molar-refractivity contribution is 0.499. The molecule has 88 valence electrons. The van der Waals surface area contributed by atoms with Crippen molar-refractivity contribution >= 4 is 17.6 Å². The van der Waals surface area contributed by atoms with E-state index in [2.05, 4.69) is 0 Å². The smallest absolute Gasteiger partial charge is 0.136 e. The van der Waals surface area contributed by atoms with Gasteiger partial charge in [0.1, 0.15) is 5.82 Å². The topological polar surface area (TPSA) is 49.9 Å². The van der Waals surface area contributed by atoms with E-state index in [-0.39, 0.29) is 17.1 Å². The number of amidine groups is 1. The molecule has 0 fully saturated rings. The molecule has 0 aromatic heterocycles. The van der Waals surface area contributed by atoms with Gasteiger partial charge >= 0.3 is 0 Å². The van der Waals surface area contributed by atoms with Crippen molar-refractivity contribution < 1.29 is 4.39 Å². The Kier molecular flexibility index (Phi) is 4.35. The number of halogens is 1. The van der Waals surface area contributed by atoms with E-state index in [0.717, 1.165) is 12.2 Å². The van der Waals surface area contributed by atoms with E-state index in [1.165, 1.54) is 17.8 Å². The summed E-state index contributed by atoms with van der Waals surface area (Å²) in [5.41, 5.74) is 5.17. The molecule has 0 aliphatic heterocycles. The second-order valence-electron chi connectivity index (χ2n) is 4.33. The molecule has 0 aliphatic rings. The average Bonchev–Trinajstić information content (AvgIpc) is 2.20. The van der Waals surface area contributed by atoms with Crippen LogP contribution in [0.1, 0.15) is 20.3 Å². The van der Waals surface area contributed by atoms with Crippen LogP contribution in [0.25, 0.3) is 0 Å². The van der Waals surface area contributed by atoms with E-state index in [4.69, 9.17) is 11.1 Å². The maximum absolute atomic E-state index is 13.3. The zero-order valence-electron chi connectivity index (χ0n) is 9.59. The summed E-state index contributed by atoms with van der Waals surface area (Å²) in [5.74, 6) is 0.753. The molecule has 3 N–H and O–H groups in total. The summed E-state index contributed by atoms with van der Waals surface area (Å²) < 4.78 is 13.3. The van der Waals surface area contributed by atoms with Crippen LogP contribution in [0.5, 0.6) is 0 Å². The van der Waals surface area contributed by atoms with Crippen LogP contribution in [0, 0.1) is 16.6 Å². The van der Waals surface area contributed by atoms with E-state index >= 15 is 0 Å². The lowest BCUT2D eigenvalue weighted by Gasteiger charge is -2.22. The van der Waals surface area contributed by atoms with Crippen molar-refractivity contribution in [3.05, 3.63) is 30.1 Å². The van der Waals surface area contributed by atoms with Crippen LogP contribution in [0.15, 0.2) is 29.2 Å². The zero-order chi connectivity index (χ0) is 12.2. The van der Waals surface area contributed by atoms with Crippen molar-refractivity contribution in [1.29, 1.82) is 5.41 Å². The first-order valence-electron chi connectivity index (χ1n) is 5.15. The molecule has 0 unspecified atom stereocenters. The second kappa shape index (κ2) is 5.34. The summed E-state index contributed by atoms with van der Waals surface area (Å²) in [6, 6.07) is 6.72. The van der Waals surface area contributed by atoms with E-state index in [0.29, 0.717) is 4.90 Å². The van der Waals surface area contributed by atoms with Crippen molar-refractivity contribution in [1.82, 2.24) is 0 Å². The van der Waals surface area contributed by atoms with Gasteiger partial charge in [-0.2, -0.15) is 0 Å². The van der Waals surface area contributed by atoms with Crippen LogP contribution in [0.2, 0.25) is 0 Å². The molecule has 2 nitrogen and oxygen atoms in total. The minimum Gasteiger partial charge on any atom is -0.387 e. The number of nitrogens with one attached hydrogen (secondary N) is 1. The first-order chi connectivity index (χ1) is 7.43. The normalized spacial score (nSPS) is 11.4. The standard InChI is InChI=1S/C12H17FN2S/c1-12(2,11(14)15)7-8-16-10-6-4-3-5-9(10)13/h3-6H,7-8H2,1-2H3,(H3,14,15). The molecule has 0 bridgehead atoms. The van der Waals surface area contributed by atoms with Crippen molar-refractivity contribution in [3.63, 3.8) is 0 Å². The van der Waals surface area contributed by atoms with Gasteiger partial charge in [0.2, 0.25) is 0 Å². The van der Waals surface area contributed by atoms with Crippen LogP contribution in [0.4, 0.5) is 4.39 Å². The summed E-state index contributed by atoms with van der Waals surface area (Å²) in [4.78, 5) is 0.654. The Morgan fingerprint density at radius 3 is 2.62 bits per heavy atom. The van der Waals surface area contributed by atoms with Gasteiger partial charge in [0, 0.05) is 10.3 Å². The van der Waals surface area contributed by atoms with Crippen LogP contribution < -0.4 is 5.73 Å². The Morgan fingerprint density at radius 2 is 2.06 bits per heavy atom. The minimum atomic E-state index is -0.307. The molecular formula is C12H17FN2S. The van der Waals surface area contributed by atoms with Crippen molar-refractivity contribution in [2.45, 2.75) is 25.2 Å². The number of hydrogen-bond donors (Lipinski definition) is 2. The van der Waals surface area contributed by atoms with Crippen LogP contribution >= 0.6 is 11.8 Å². The Bertz CT molecular complexity index is 377. The van der Waals surface area contributed by atoms with Gasteiger partial charge in [-0.15, -0.1) is 11.8 Å². The monoisotopic (exact) mass is 240 g/mol. The largest absolute Gasteiger partial charge is 0.387 e. The molecule has 0 heterocycles.